The van der Waals surface area contributed by atoms with E-state index < -0.39 is 24.2 Å². The molecule has 0 atom stereocenters. The fourth-order valence-corrected chi connectivity index (χ4v) is 1.59. The first-order chi connectivity index (χ1) is 7.97. The van der Waals surface area contributed by atoms with Crippen LogP contribution < -0.4 is 0 Å². The van der Waals surface area contributed by atoms with E-state index in [0.717, 1.165) is 11.0 Å². The Hall–Kier alpha value is -1.62. The van der Waals surface area contributed by atoms with Crippen molar-refractivity contribution < 1.29 is 19.1 Å². The molecular formula is C11H11ClFNO3. The van der Waals surface area contributed by atoms with Crippen LogP contribution in [0.5, 0.6) is 0 Å². The second-order valence-corrected chi connectivity index (χ2v) is 3.72. The van der Waals surface area contributed by atoms with E-state index in [9.17, 15) is 14.0 Å². The molecule has 1 rings (SSSR count). The molecule has 0 unspecified atom stereocenters. The molecule has 0 aliphatic heterocycles. The molecule has 4 nitrogen and oxygen atoms in total. The van der Waals surface area contributed by atoms with Gasteiger partial charge in [0.05, 0.1) is 10.6 Å². The van der Waals surface area contributed by atoms with Crippen LogP contribution in [0.15, 0.2) is 18.2 Å². The minimum atomic E-state index is -1.16. The maximum atomic E-state index is 13.5. The third-order valence-corrected chi connectivity index (χ3v) is 2.49. The number of carbonyl (C=O) groups excluding carboxylic acids is 1. The van der Waals surface area contributed by atoms with Gasteiger partial charge in [-0.1, -0.05) is 17.7 Å². The Kier molecular flexibility index (Phi) is 4.45. The molecule has 92 valence electrons. The highest BCUT2D eigenvalue weighted by Crippen LogP contribution is 2.20. The van der Waals surface area contributed by atoms with Crippen LogP contribution in [0, 0.1) is 5.82 Å². The summed E-state index contributed by atoms with van der Waals surface area (Å²) < 4.78 is 13.5. The molecule has 1 aromatic rings. The Labute approximate surface area is 103 Å². The number of halogens is 2. The molecule has 1 aromatic carbocycles. The predicted octanol–water partition coefficient (Wildman–Crippen LogP) is 2.03. The van der Waals surface area contributed by atoms with Crippen LogP contribution in [0.3, 0.4) is 0 Å². The largest absolute Gasteiger partial charge is 0.480 e. The van der Waals surface area contributed by atoms with Gasteiger partial charge < -0.3 is 10.0 Å². The summed E-state index contributed by atoms with van der Waals surface area (Å²) in [6, 6.07) is 3.86. The molecule has 0 radical (unpaired) electrons. The summed E-state index contributed by atoms with van der Waals surface area (Å²) in [5.41, 5.74) is -0.294. The zero-order valence-electron chi connectivity index (χ0n) is 9.11. The normalized spacial score (nSPS) is 10.1. The van der Waals surface area contributed by atoms with Crippen molar-refractivity contribution in [3.8, 4) is 0 Å². The smallest absolute Gasteiger partial charge is 0.323 e. The van der Waals surface area contributed by atoms with Crippen LogP contribution in [0.1, 0.15) is 17.3 Å². The monoisotopic (exact) mass is 259 g/mol. The number of carboxylic acids is 1. The number of aliphatic carboxylic acids is 1. The molecule has 0 fully saturated rings. The van der Waals surface area contributed by atoms with E-state index in [4.69, 9.17) is 16.7 Å². The standard InChI is InChI=1S/C11H11ClFNO3/c1-2-14(6-9(15)16)11(17)10-7(12)4-3-5-8(10)13/h3-5H,2,6H2,1H3,(H,15,16). The fourth-order valence-electron chi connectivity index (χ4n) is 1.35. The summed E-state index contributed by atoms with van der Waals surface area (Å²) in [6.45, 7) is 1.28. The molecule has 0 heterocycles. The van der Waals surface area contributed by atoms with Gasteiger partial charge in [-0.2, -0.15) is 0 Å². The number of carboxylic acid groups (broad SMARTS) is 1. The van der Waals surface area contributed by atoms with E-state index in [2.05, 4.69) is 0 Å². The van der Waals surface area contributed by atoms with Gasteiger partial charge in [-0.3, -0.25) is 9.59 Å². The average Bonchev–Trinajstić information content (AvgIpc) is 2.25. The highest BCUT2D eigenvalue weighted by atomic mass is 35.5. The summed E-state index contributed by atoms with van der Waals surface area (Å²) in [6.07, 6.45) is 0. The van der Waals surface area contributed by atoms with Crippen LogP contribution >= 0.6 is 11.6 Å². The molecule has 17 heavy (non-hydrogen) atoms. The van der Waals surface area contributed by atoms with Crippen LogP contribution in [-0.2, 0) is 4.79 Å². The number of likely N-dealkylation sites (N-methyl/N-ethyl adjacent to an activating group) is 1. The molecule has 0 aliphatic rings. The molecule has 1 N–H and O–H groups in total. The maximum absolute atomic E-state index is 13.5. The lowest BCUT2D eigenvalue weighted by molar-refractivity contribution is -0.137. The summed E-state index contributed by atoms with van der Waals surface area (Å²) in [7, 11) is 0. The molecule has 0 saturated carbocycles. The second-order valence-electron chi connectivity index (χ2n) is 3.31. The number of nitrogens with zero attached hydrogens (tertiary/aromatic N) is 1. The topological polar surface area (TPSA) is 57.6 Å². The van der Waals surface area contributed by atoms with E-state index >= 15 is 0 Å². The van der Waals surface area contributed by atoms with Gasteiger partial charge in [-0.25, -0.2) is 4.39 Å². The van der Waals surface area contributed by atoms with Gasteiger partial charge in [-0.15, -0.1) is 0 Å². The summed E-state index contributed by atoms with van der Waals surface area (Å²) >= 11 is 5.73. The van der Waals surface area contributed by atoms with Crippen molar-refractivity contribution in [2.45, 2.75) is 6.92 Å². The van der Waals surface area contributed by atoms with Crippen LogP contribution in [0.2, 0.25) is 5.02 Å². The molecule has 1 amide bonds. The third-order valence-electron chi connectivity index (χ3n) is 2.17. The highest BCUT2D eigenvalue weighted by molar-refractivity contribution is 6.33. The van der Waals surface area contributed by atoms with Gasteiger partial charge in [0.15, 0.2) is 0 Å². The first kappa shape index (κ1) is 13.4. The average molecular weight is 260 g/mol. The Morgan fingerprint density at radius 3 is 2.59 bits per heavy atom. The number of hydrogen-bond acceptors (Lipinski definition) is 2. The van der Waals surface area contributed by atoms with Gasteiger partial charge in [0.2, 0.25) is 0 Å². The predicted molar refractivity (Wildman–Crippen MR) is 60.6 cm³/mol. The molecule has 0 bridgehead atoms. The van der Waals surface area contributed by atoms with Crippen molar-refractivity contribution in [1.82, 2.24) is 4.90 Å². The maximum Gasteiger partial charge on any atom is 0.323 e. The van der Waals surface area contributed by atoms with E-state index in [1.165, 1.54) is 12.1 Å². The summed E-state index contributed by atoms with van der Waals surface area (Å²) in [4.78, 5) is 23.5. The lowest BCUT2D eigenvalue weighted by Crippen LogP contribution is -2.36. The van der Waals surface area contributed by atoms with Crippen molar-refractivity contribution in [2.75, 3.05) is 13.1 Å². The van der Waals surface area contributed by atoms with E-state index in [0.29, 0.717) is 0 Å². The SMILES string of the molecule is CCN(CC(=O)O)C(=O)c1c(F)cccc1Cl. The van der Waals surface area contributed by atoms with Gasteiger partial charge in [0.1, 0.15) is 12.4 Å². The minimum Gasteiger partial charge on any atom is -0.480 e. The first-order valence-corrected chi connectivity index (χ1v) is 5.30. The zero-order valence-corrected chi connectivity index (χ0v) is 9.87. The number of carbonyl (C=O) groups is 2. The van der Waals surface area contributed by atoms with Gasteiger partial charge in [0, 0.05) is 6.54 Å². The van der Waals surface area contributed by atoms with Gasteiger partial charge in [-0.05, 0) is 19.1 Å². The lowest BCUT2D eigenvalue weighted by Gasteiger charge is -2.19. The van der Waals surface area contributed by atoms with Crippen LogP contribution in [-0.4, -0.2) is 35.0 Å². The number of rotatable bonds is 4. The van der Waals surface area contributed by atoms with Crippen LogP contribution in [0.4, 0.5) is 4.39 Å². The van der Waals surface area contributed by atoms with Crippen molar-refractivity contribution in [1.29, 1.82) is 0 Å². The van der Waals surface area contributed by atoms with Gasteiger partial charge in [0.25, 0.3) is 5.91 Å². The number of benzene rings is 1. The molecule has 0 spiro atoms. The van der Waals surface area contributed by atoms with Crippen molar-refractivity contribution in [3.63, 3.8) is 0 Å². The second kappa shape index (κ2) is 5.63. The molecule has 0 aliphatic carbocycles. The van der Waals surface area contributed by atoms with E-state index in [1.54, 1.807) is 6.92 Å². The Morgan fingerprint density at radius 1 is 1.47 bits per heavy atom. The fraction of sp³-hybridized carbons (Fsp3) is 0.273. The molecule has 6 heteroatoms. The summed E-state index contributed by atoms with van der Waals surface area (Å²) in [5, 5.41) is 8.60. The lowest BCUT2D eigenvalue weighted by atomic mass is 10.2. The first-order valence-electron chi connectivity index (χ1n) is 4.92. The quantitative estimate of drug-likeness (QED) is 0.900. The van der Waals surface area contributed by atoms with Crippen molar-refractivity contribution in [3.05, 3.63) is 34.6 Å². The third kappa shape index (κ3) is 3.17. The van der Waals surface area contributed by atoms with Crippen LogP contribution in [0.25, 0.3) is 0 Å². The van der Waals surface area contributed by atoms with E-state index in [1.807, 2.05) is 0 Å². The Balaban J connectivity index is 3.06. The Bertz CT molecular complexity index is 430. The number of hydrogen-bond donors (Lipinski definition) is 1. The van der Waals surface area contributed by atoms with Gasteiger partial charge >= 0.3 is 5.97 Å². The number of amides is 1. The zero-order chi connectivity index (χ0) is 13.0. The summed E-state index contributed by atoms with van der Waals surface area (Å²) in [5.74, 6) is -2.64. The Morgan fingerprint density at radius 2 is 2.12 bits per heavy atom. The molecular weight excluding hydrogens is 249 g/mol. The molecule has 0 saturated heterocycles. The van der Waals surface area contributed by atoms with E-state index in [-0.39, 0.29) is 17.1 Å². The highest BCUT2D eigenvalue weighted by Gasteiger charge is 2.22. The minimum absolute atomic E-state index is 0.0289. The van der Waals surface area contributed by atoms with Crippen molar-refractivity contribution in [2.24, 2.45) is 0 Å². The van der Waals surface area contributed by atoms with Crippen molar-refractivity contribution >= 4 is 23.5 Å². The molecule has 0 aromatic heterocycles.